The summed E-state index contributed by atoms with van der Waals surface area (Å²) >= 11 is 0. The van der Waals surface area contributed by atoms with Crippen molar-refractivity contribution < 1.29 is 0 Å². The van der Waals surface area contributed by atoms with Crippen molar-refractivity contribution in [1.82, 2.24) is 5.32 Å². The molecule has 0 amide bonds. The Balaban J connectivity index is 1.99. The minimum atomic E-state index is -0.396. The summed E-state index contributed by atoms with van der Waals surface area (Å²) in [5, 5.41) is 12.6. The molecule has 2 unspecified atom stereocenters. The molecule has 3 nitrogen and oxygen atoms in total. The highest BCUT2D eigenvalue weighted by atomic mass is 15.2. The number of para-hydroxylation sites is 1. The van der Waals surface area contributed by atoms with Gasteiger partial charge in [0, 0.05) is 18.3 Å². The van der Waals surface area contributed by atoms with Gasteiger partial charge in [0.2, 0.25) is 0 Å². The predicted octanol–water partition coefficient (Wildman–Crippen LogP) is 3.50. The van der Waals surface area contributed by atoms with E-state index in [4.69, 9.17) is 0 Å². The summed E-state index contributed by atoms with van der Waals surface area (Å²) in [5.41, 5.74) is 2.46. The molecule has 0 aromatic heterocycles. The number of nitrogens with zero attached hydrogens (tertiary/aromatic N) is 2. The summed E-state index contributed by atoms with van der Waals surface area (Å²) in [7, 11) is 0. The summed E-state index contributed by atoms with van der Waals surface area (Å²) in [6.07, 6.45) is 4.33. The minimum absolute atomic E-state index is 0.396. The molecule has 0 bridgehead atoms. The van der Waals surface area contributed by atoms with Crippen LogP contribution in [0.15, 0.2) is 24.3 Å². The van der Waals surface area contributed by atoms with Crippen molar-refractivity contribution in [2.45, 2.75) is 58.0 Å². The minimum Gasteiger partial charge on any atom is -0.369 e. The first-order chi connectivity index (χ1) is 10.1. The molecule has 2 rings (SSSR count). The van der Waals surface area contributed by atoms with Gasteiger partial charge in [0.15, 0.2) is 0 Å². The molecule has 0 fully saturated rings. The quantitative estimate of drug-likeness (QED) is 0.869. The Labute approximate surface area is 129 Å². The first-order valence-corrected chi connectivity index (χ1v) is 8.10. The van der Waals surface area contributed by atoms with E-state index in [1.54, 1.807) is 0 Å². The molecule has 0 aliphatic carbocycles. The molecule has 1 aromatic carbocycles. The van der Waals surface area contributed by atoms with Crippen LogP contribution < -0.4 is 10.2 Å². The highest BCUT2D eigenvalue weighted by molar-refractivity contribution is 5.56. The van der Waals surface area contributed by atoms with Gasteiger partial charge in [-0.1, -0.05) is 25.1 Å². The Morgan fingerprint density at radius 3 is 2.90 bits per heavy atom. The fraction of sp³-hybridized carbons (Fsp3) is 0.611. The molecule has 3 heteroatoms. The highest BCUT2D eigenvalue weighted by Crippen LogP contribution is 2.30. The zero-order valence-corrected chi connectivity index (χ0v) is 13.5. The first kappa shape index (κ1) is 15.9. The van der Waals surface area contributed by atoms with Gasteiger partial charge in [-0.15, -0.1) is 0 Å². The van der Waals surface area contributed by atoms with Gasteiger partial charge < -0.3 is 4.90 Å². The molecule has 0 saturated carbocycles. The average molecular weight is 285 g/mol. The second kappa shape index (κ2) is 6.95. The lowest BCUT2D eigenvalue weighted by Gasteiger charge is -2.37. The summed E-state index contributed by atoms with van der Waals surface area (Å²) in [5.74, 6) is 0. The van der Waals surface area contributed by atoms with Crippen molar-refractivity contribution in [3.05, 3.63) is 29.8 Å². The molecule has 21 heavy (non-hydrogen) atoms. The Hall–Kier alpha value is -1.53. The second-order valence-electron chi connectivity index (χ2n) is 6.29. The van der Waals surface area contributed by atoms with E-state index in [2.05, 4.69) is 54.4 Å². The van der Waals surface area contributed by atoms with E-state index >= 15 is 0 Å². The summed E-state index contributed by atoms with van der Waals surface area (Å²) in [6.45, 7) is 8.24. The largest absolute Gasteiger partial charge is 0.369 e. The third-order valence-corrected chi connectivity index (χ3v) is 4.55. The van der Waals surface area contributed by atoms with E-state index in [9.17, 15) is 5.26 Å². The average Bonchev–Trinajstić information content (AvgIpc) is 2.50. The first-order valence-electron chi connectivity index (χ1n) is 8.10. The maximum atomic E-state index is 9.34. The third kappa shape index (κ3) is 3.77. The van der Waals surface area contributed by atoms with Gasteiger partial charge in [-0.05, 0) is 57.7 Å². The van der Waals surface area contributed by atoms with Crippen LogP contribution in [-0.2, 0) is 6.42 Å². The summed E-state index contributed by atoms with van der Waals surface area (Å²) in [4.78, 5) is 2.52. The molecule has 1 aromatic rings. The number of anilines is 1. The SMILES string of the molecule is CCNC(C)(C#N)CCCN1c2ccccc2CCC1C. The molecule has 1 aliphatic heterocycles. The Kier molecular flexibility index (Phi) is 5.25. The lowest BCUT2D eigenvalue weighted by Crippen LogP contribution is -2.43. The number of benzene rings is 1. The van der Waals surface area contributed by atoms with Crippen LogP contribution in [0.25, 0.3) is 0 Å². The van der Waals surface area contributed by atoms with Crippen molar-refractivity contribution in [3.63, 3.8) is 0 Å². The Morgan fingerprint density at radius 2 is 2.19 bits per heavy atom. The van der Waals surface area contributed by atoms with Crippen molar-refractivity contribution in [1.29, 1.82) is 5.26 Å². The number of aryl methyl sites for hydroxylation is 1. The van der Waals surface area contributed by atoms with E-state index in [0.717, 1.165) is 25.9 Å². The Morgan fingerprint density at radius 1 is 1.43 bits per heavy atom. The topological polar surface area (TPSA) is 39.1 Å². The van der Waals surface area contributed by atoms with Crippen LogP contribution in [0.5, 0.6) is 0 Å². The lowest BCUT2D eigenvalue weighted by molar-refractivity contribution is 0.411. The van der Waals surface area contributed by atoms with Gasteiger partial charge in [-0.2, -0.15) is 5.26 Å². The van der Waals surface area contributed by atoms with Gasteiger partial charge in [0.05, 0.1) is 6.07 Å². The van der Waals surface area contributed by atoms with Gasteiger partial charge in [-0.25, -0.2) is 0 Å². The summed E-state index contributed by atoms with van der Waals surface area (Å²) < 4.78 is 0. The second-order valence-corrected chi connectivity index (χ2v) is 6.29. The van der Waals surface area contributed by atoms with Crippen LogP contribution in [0, 0.1) is 11.3 Å². The van der Waals surface area contributed by atoms with E-state index in [0.29, 0.717) is 6.04 Å². The van der Waals surface area contributed by atoms with Crippen LogP contribution >= 0.6 is 0 Å². The normalized spacial score (nSPS) is 20.5. The number of rotatable bonds is 6. The van der Waals surface area contributed by atoms with E-state index in [-0.39, 0.29) is 0 Å². The van der Waals surface area contributed by atoms with Gasteiger partial charge >= 0.3 is 0 Å². The van der Waals surface area contributed by atoms with Crippen molar-refractivity contribution in [2.24, 2.45) is 0 Å². The molecule has 1 N–H and O–H groups in total. The third-order valence-electron chi connectivity index (χ3n) is 4.55. The lowest BCUT2D eigenvalue weighted by atomic mass is 9.94. The zero-order valence-electron chi connectivity index (χ0n) is 13.5. The van der Waals surface area contributed by atoms with E-state index < -0.39 is 5.54 Å². The summed E-state index contributed by atoms with van der Waals surface area (Å²) in [6, 6.07) is 11.7. The van der Waals surface area contributed by atoms with Crippen LogP contribution in [0.2, 0.25) is 0 Å². The number of hydrogen-bond donors (Lipinski definition) is 1. The van der Waals surface area contributed by atoms with Crippen molar-refractivity contribution in [2.75, 3.05) is 18.0 Å². The standard InChI is InChI=1S/C18H27N3/c1-4-20-18(3,14-19)12-7-13-21-15(2)10-11-16-8-5-6-9-17(16)21/h5-6,8-9,15,20H,4,7,10-13H2,1-3H3. The van der Waals surface area contributed by atoms with E-state index in [1.165, 1.54) is 24.1 Å². The molecular formula is C18H27N3. The Bertz CT molecular complexity index is 505. The number of hydrogen-bond acceptors (Lipinski definition) is 3. The van der Waals surface area contributed by atoms with Crippen molar-refractivity contribution in [3.8, 4) is 6.07 Å². The molecule has 2 atom stereocenters. The fourth-order valence-electron chi connectivity index (χ4n) is 3.28. The number of nitriles is 1. The van der Waals surface area contributed by atoms with E-state index in [1.807, 2.05) is 6.92 Å². The monoisotopic (exact) mass is 285 g/mol. The van der Waals surface area contributed by atoms with Gasteiger partial charge in [0.1, 0.15) is 5.54 Å². The van der Waals surface area contributed by atoms with Gasteiger partial charge in [0.25, 0.3) is 0 Å². The molecule has 1 heterocycles. The molecule has 0 saturated heterocycles. The van der Waals surface area contributed by atoms with Crippen molar-refractivity contribution >= 4 is 5.69 Å². The van der Waals surface area contributed by atoms with Crippen LogP contribution in [0.4, 0.5) is 5.69 Å². The molecule has 0 radical (unpaired) electrons. The smallest absolute Gasteiger partial charge is 0.103 e. The molecular weight excluding hydrogens is 258 g/mol. The number of fused-ring (bicyclic) bond motifs is 1. The maximum Gasteiger partial charge on any atom is 0.103 e. The maximum absolute atomic E-state index is 9.34. The molecule has 114 valence electrons. The highest BCUT2D eigenvalue weighted by Gasteiger charge is 2.25. The number of nitrogens with one attached hydrogen (secondary N) is 1. The predicted molar refractivity (Wildman–Crippen MR) is 88.5 cm³/mol. The molecule has 1 aliphatic rings. The fourth-order valence-corrected chi connectivity index (χ4v) is 3.28. The van der Waals surface area contributed by atoms with Gasteiger partial charge in [-0.3, -0.25) is 5.32 Å². The zero-order chi connectivity index (χ0) is 15.3. The molecule has 0 spiro atoms. The van der Waals surface area contributed by atoms with Crippen LogP contribution in [0.3, 0.4) is 0 Å². The van der Waals surface area contributed by atoms with Crippen LogP contribution in [0.1, 0.15) is 45.6 Å². The van der Waals surface area contributed by atoms with Crippen LogP contribution in [-0.4, -0.2) is 24.7 Å².